The second-order valence-electron chi connectivity index (χ2n) is 5.50. The van der Waals surface area contributed by atoms with Crippen molar-refractivity contribution in [3.63, 3.8) is 0 Å². The molecule has 0 amide bonds. The Kier molecular flexibility index (Phi) is 3.44. The molecule has 20 heavy (non-hydrogen) atoms. The van der Waals surface area contributed by atoms with Crippen molar-refractivity contribution in [1.29, 1.82) is 0 Å². The number of likely N-dealkylation sites (tertiary alicyclic amines) is 1. The molecule has 0 aromatic carbocycles. The van der Waals surface area contributed by atoms with E-state index in [4.69, 9.17) is 4.74 Å². The first-order valence-electron chi connectivity index (χ1n) is 6.90. The average molecular weight is 273 g/mol. The molecule has 1 atom stereocenters. The van der Waals surface area contributed by atoms with E-state index in [1.165, 1.54) is 13.5 Å². The predicted octanol–water partition coefficient (Wildman–Crippen LogP) is 1.62. The third-order valence-electron chi connectivity index (χ3n) is 3.99. The van der Waals surface area contributed by atoms with Crippen molar-refractivity contribution in [3.05, 3.63) is 35.9 Å². The molecule has 5 nitrogen and oxygen atoms in total. The van der Waals surface area contributed by atoms with Gasteiger partial charge in [-0.2, -0.15) is 0 Å². The molecule has 2 aromatic heterocycles. The number of nitrogens with zero attached hydrogens (tertiary/aromatic N) is 3. The molecule has 1 aliphatic rings. The Hall–Kier alpha value is -1.88. The quantitative estimate of drug-likeness (QED) is 0.797. The summed E-state index contributed by atoms with van der Waals surface area (Å²) < 4.78 is 6.77. The van der Waals surface area contributed by atoms with Crippen LogP contribution < -0.4 is 0 Å². The van der Waals surface area contributed by atoms with Crippen LogP contribution in [0.5, 0.6) is 0 Å². The van der Waals surface area contributed by atoms with E-state index < -0.39 is 0 Å². The largest absolute Gasteiger partial charge is 0.465 e. The molecule has 0 aliphatic carbocycles. The molecule has 0 spiro atoms. The van der Waals surface area contributed by atoms with Gasteiger partial charge in [-0.3, -0.25) is 0 Å². The zero-order valence-electron chi connectivity index (χ0n) is 11.9. The van der Waals surface area contributed by atoms with E-state index in [-0.39, 0.29) is 5.97 Å². The van der Waals surface area contributed by atoms with Gasteiger partial charge in [0, 0.05) is 19.2 Å². The molecule has 0 N–H and O–H groups in total. The first-order valence-corrected chi connectivity index (χ1v) is 6.90. The van der Waals surface area contributed by atoms with Crippen LogP contribution in [0.3, 0.4) is 0 Å². The van der Waals surface area contributed by atoms with Gasteiger partial charge >= 0.3 is 5.97 Å². The zero-order chi connectivity index (χ0) is 14.1. The SMILES string of the molecule is COC(=O)c1ccc2cnc(CC3CCN(C)C3)n2c1. The van der Waals surface area contributed by atoms with Crippen LogP contribution in [0.2, 0.25) is 0 Å². The molecule has 0 bridgehead atoms. The molecular weight excluding hydrogens is 254 g/mol. The van der Waals surface area contributed by atoms with Gasteiger partial charge in [0.25, 0.3) is 0 Å². The van der Waals surface area contributed by atoms with Crippen LogP contribution >= 0.6 is 0 Å². The second kappa shape index (κ2) is 5.25. The molecule has 1 aliphatic heterocycles. The van der Waals surface area contributed by atoms with Gasteiger partial charge < -0.3 is 14.0 Å². The van der Waals surface area contributed by atoms with Crippen molar-refractivity contribution in [2.75, 3.05) is 27.2 Å². The van der Waals surface area contributed by atoms with Gasteiger partial charge in [0.2, 0.25) is 0 Å². The minimum atomic E-state index is -0.313. The van der Waals surface area contributed by atoms with Crippen LogP contribution in [-0.2, 0) is 11.2 Å². The van der Waals surface area contributed by atoms with Crippen LogP contribution in [0.1, 0.15) is 22.6 Å². The second-order valence-corrected chi connectivity index (χ2v) is 5.50. The molecule has 2 aromatic rings. The highest BCUT2D eigenvalue weighted by Crippen LogP contribution is 2.20. The molecule has 3 heterocycles. The number of aromatic nitrogens is 2. The van der Waals surface area contributed by atoms with Crippen molar-refractivity contribution in [3.8, 4) is 0 Å². The molecule has 0 saturated carbocycles. The Bertz CT molecular complexity index is 635. The van der Waals surface area contributed by atoms with Gasteiger partial charge in [0.1, 0.15) is 5.82 Å². The number of fused-ring (bicyclic) bond motifs is 1. The summed E-state index contributed by atoms with van der Waals surface area (Å²) in [5.41, 5.74) is 1.57. The molecule has 1 saturated heterocycles. The molecular formula is C15H19N3O2. The Labute approximate surface area is 118 Å². The van der Waals surface area contributed by atoms with Crippen molar-refractivity contribution in [2.24, 2.45) is 5.92 Å². The lowest BCUT2D eigenvalue weighted by Crippen LogP contribution is -2.15. The Morgan fingerprint density at radius 3 is 3.05 bits per heavy atom. The smallest absolute Gasteiger partial charge is 0.339 e. The van der Waals surface area contributed by atoms with Crippen LogP contribution in [-0.4, -0.2) is 47.5 Å². The number of methoxy groups -OCH3 is 1. The third-order valence-corrected chi connectivity index (χ3v) is 3.99. The van der Waals surface area contributed by atoms with Gasteiger partial charge in [0.15, 0.2) is 0 Å². The lowest BCUT2D eigenvalue weighted by Gasteiger charge is -2.10. The molecule has 0 radical (unpaired) electrons. The number of hydrogen-bond acceptors (Lipinski definition) is 4. The molecule has 106 valence electrons. The van der Waals surface area contributed by atoms with Crippen LogP contribution in [0.15, 0.2) is 24.5 Å². The lowest BCUT2D eigenvalue weighted by molar-refractivity contribution is 0.0600. The summed E-state index contributed by atoms with van der Waals surface area (Å²) >= 11 is 0. The Balaban J connectivity index is 1.89. The molecule has 1 fully saturated rings. The fourth-order valence-corrected chi connectivity index (χ4v) is 2.88. The van der Waals surface area contributed by atoms with E-state index in [9.17, 15) is 4.79 Å². The maximum atomic E-state index is 11.6. The third kappa shape index (κ3) is 2.41. The van der Waals surface area contributed by atoms with E-state index in [1.807, 2.05) is 22.9 Å². The Morgan fingerprint density at radius 1 is 1.50 bits per heavy atom. The number of imidazole rings is 1. The average Bonchev–Trinajstić information content (AvgIpc) is 3.05. The van der Waals surface area contributed by atoms with Crippen LogP contribution in [0, 0.1) is 5.92 Å². The van der Waals surface area contributed by atoms with Crippen LogP contribution in [0.4, 0.5) is 0 Å². The summed E-state index contributed by atoms with van der Waals surface area (Å²) in [6.45, 7) is 2.27. The Morgan fingerprint density at radius 2 is 2.35 bits per heavy atom. The van der Waals surface area contributed by atoms with Gasteiger partial charge in [0.05, 0.1) is 24.4 Å². The van der Waals surface area contributed by atoms with E-state index >= 15 is 0 Å². The number of carbonyl (C=O) groups excluding carboxylic acids is 1. The van der Waals surface area contributed by atoms with Crippen molar-refractivity contribution in [2.45, 2.75) is 12.8 Å². The van der Waals surface area contributed by atoms with Gasteiger partial charge in [-0.15, -0.1) is 0 Å². The topological polar surface area (TPSA) is 46.8 Å². The van der Waals surface area contributed by atoms with Gasteiger partial charge in [-0.1, -0.05) is 0 Å². The van der Waals surface area contributed by atoms with E-state index in [0.717, 1.165) is 30.9 Å². The molecule has 1 unspecified atom stereocenters. The van der Waals surface area contributed by atoms with Crippen molar-refractivity contribution in [1.82, 2.24) is 14.3 Å². The highest BCUT2D eigenvalue weighted by atomic mass is 16.5. The zero-order valence-corrected chi connectivity index (χ0v) is 11.9. The molecule has 3 rings (SSSR count). The number of hydrogen-bond donors (Lipinski definition) is 0. The lowest BCUT2D eigenvalue weighted by atomic mass is 10.0. The first kappa shape index (κ1) is 13.1. The normalized spacial score (nSPS) is 19.6. The number of carbonyl (C=O) groups is 1. The van der Waals surface area contributed by atoms with Gasteiger partial charge in [-0.05, 0) is 38.1 Å². The maximum absolute atomic E-state index is 11.6. The fraction of sp³-hybridized carbons (Fsp3) is 0.467. The highest BCUT2D eigenvalue weighted by Gasteiger charge is 2.21. The number of ether oxygens (including phenoxy) is 1. The molecule has 5 heteroatoms. The summed E-state index contributed by atoms with van der Waals surface area (Å²) in [6.07, 6.45) is 5.84. The minimum Gasteiger partial charge on any atom is -0.465 e. The summed E-state index contributed by atoms with van der Waals surface area (Å²) in [5.74, 6) is 1.35. The number of rotatable bonds is 3. The number of esters is 1. The van der Waals surface area contributed by atoms with Gasteiger partial charge in [-0.25, -0.2) is 9.78 Å². The standard InChI is InChI=1S/C15H19N3O2/c1-17-6-5-11(9-17)7-14-16-8-13-4-3-12(10-18(13)14)15(19)20-2/h3-4,8,10-11H,5-7,9H2,1-2H3. The maximum Gasteiger partial charge on any atom is 0.339 e. The summed E-state index contributed by atoms with van der Waals surface area (Å²) in [5, 5.41) is 0. The monoisotopic (exact) mass is 273 g/mol. The fourth-order valence-electron chi connectivity index (χ4n) is 2.88. The minimum absolute atomic E-state index is 0.313. The van der Waals surface area contributed by atoms with E-state index in [1.54, 1.807) is 6.07 Å². The van der Waals surface area contributed by atoms with E-state index in [0.29, 0.717) is 11.5 Å². The summed E-state index contributed by atoms with van der Waals surface area (Å²) in [6, 6.07) is 3.68. The highest BCUT2D eigenvalue weighted by molar-refractivity contribution is 5.89. The summed E-state index contributed by atoms with van der Waals surface area (Å²) in [4.78, 5) is 18.5. The first-order chi connectivity index (χ1) is 9.67. The number of pyridine rings is 1. The van der Waals surface area contributed by atoms with Crippen molar-refractivity contribution >= 4 is 11.5 Å². The van der Waals surface area contributed by atoms with E-state index in [2.05, 4.69) is 16.9 Å². The summed E-state index contributed by atoms with van der Waals surface area (Å²) in [7, 11) is 3.55. The predicted molar refractivity (Wildman–Crippen MR) is 75.8 cm³/mol. The van der Waals surface area contributed by atoms with Crippen molar-refractivity contribution < 1.29 is 9.53 Å². The van der Waals surface area contributed by atoms with Crippen LogP contribution in [0.25, 0.3) is 5.52 Å².